The Bertz CT molecular complexity index is 1320. The maximum Gasteiger partial charge on any atom is 0.312 e. The fourth-order valence-electron chi connectivity index (χ4n) is 4.21. The second kappa shape index (κ2) is 8.02. The second-order valence-corrected chi connectivity index (χ2v) is 7.73. The van der Waals surface area contributed by atoms with Crippen LogP contribution >= 0.6 is 0 Å². The number of esters is 1. The van der Waals surface area contributed by atoms with Crippen LogP contribution in [0.1, 0.15) is 39.4 Å². The number of carbonyl (C=O) groups excluding carboxylic acids is 2. The summed E-state index contributed by atoms with van der Waals surface area (Å²) in [6, 6.07) is 15.2. The number of aromatic hydroxyl groups is 1. The van der Waals surface area contributed by atoms with Crippen LogP contribution in [0.4, 0.5) is 0 Å². The van der Waals surface area contributed by atoms with E-state index in [0.717, 1.165) is 5.56 Å². The molecule has 7 nitrogen and oxygen atoms in total. The lowest BCUT2D eigenvalue weighted by atomic mass is 9.84. The first-order chi connectivity index (χ1) is 16.0. The zero-order valence-corrected chi connectivity index (χ0v) is 18.0. The lowest BCUT2D eigenvalue weighted by Crippen LogP contribution is -2.21. The number of ketones is 1. The van der Waals surface area contributed by atoms with Crippen molar-refractivity contribution in [2.24, 2.45) is 0 Å². The van der Waals surface area contributed by atoms with Gasteiger partial charge >= 0.3 is 5.97 Å². The lowest BCUT2D eigenvalue weighted by molar-refractivity contribution is -0.135. The van der Waals surface area contributed by atoms with Crippen molar-refractivity contribution in [3.05, 3.63) is 82.6 Å². The molecule has 2 aliphatic heterocycles. The van der Waals surface area contributed by atoms with Gasteiger partial charge in [-0.2, -0.15) is 0 Å². The molecular weight excluding hydrogens is 424 g/mol. The molecule has 1 N–H and O–H groups in total. The van der Waals surface area contributed by atoms with E-state index in [1.807, 2.05) is 6.07 Å². The maximum absolute atomic E-state index is 13.2. The lowest BCUT2D eigenvalue weighted by Gasteiger charge is -2.26. The molecule has 2 heterocycles. The summed E-state index contributed by atoms with van der Waals surface area (Å²) in [6.07, 6.45) is 1.68. The molecule has 166 valence electrons. The summed E-state index contributed by atoms with van der Waals surface area (Å²) in [6.45, 7) is 0. The molecule has 3 aromatic carbocycles. The highest BCUT2D eigenvalue weighted by Crippen LogP contribution is 2.49. The van der Waals surface area contributed by atoms with E-state index in [0.29, 0.717) is 39.7 Å². The SMILES string of the molecule is COc1ccc(C=C2Oc3c(ccc4c3C(c3cccc(O)c3)CC(=O)O4)C2=O)c(OC)c1. The van der Waals surface area contributed by atoms with Crippen LogP contribution in [0.25, 0.3) is 6.08 Å². The van der Waals surface area contributed by atoms with Gasteiger partial charge in [0.25, 0.3) is 0 Å². The normalized spacial score (nSPS) is 17.8. The Morgan fingerprint density at radius 1 is 1.00 bits per heavy atom. The average Bonchev–Trinajstić information content (AvgIpc) is 3.13. The number of methoxy groups -OCH3 is 2. The van der Waals surface area contributed by atoms with Crippen molar-refractivity contribution < 1.29 is 33.6 Å². The van der Waals surface area contributed by atoms with Gasteiger partial charge in [-0.15, -0.1) is 0 Å². The van der Waals surface area contributed by atoms with E-state index in [9.17, 15) is 14.7 Å². The van der Waals surface area contributed by atoms with Crippen LogP contribution in [-0.4, -0.2) is 31.1 Å². The molecule has 3 aromatic rings. The highest BCUT2D eigenvalue weighted by molar-refractivity contribution is 6.15. The summed E-state index contributed by atoms with van der Waals surface area (Å²) < 4.78 is 22.2. The molecule has 0 amide bonds. The van der Waals surface area contributed by atoms with Crippen LogP contribution in [0, 0.1) is 0 Å². The quantitative estimate of drug-likeness (QED) is 0.361. The number of rotatable bonds is 4. The minimum atomic E-state index is -0.425. The molecule has 0 radical (unpaired) electrons. The molecule has 1 atom stereocenters. The van der Waals surface area contributed by atoms with Gasteiger partial charge in [0.1, 0.15) is 28.7 Å². The number of benzene rings is 3. The van der Waals surface area contributed by atoms with Crippen molar-refractivity contribution in [1.82, 2.24) is 0 Å². The summed E-state index contributed by atoms with van der Waals surface area (Å²) in [7, 11) is 3.10. The number of allylic oxidation sites excluding steroid dienone is 1. The van der Waals surface area contributed by atoms with Crippen LogP contribution in [0.5, 0.6) is 28.7 Å². The fourth-order valence-corrected chi connectivity index (χ4v) is 4.21. The molecule has 2 aliphatic rings. The molecule has 33 heavy (non-hydrogen) atoms. The number of phenolic OH excluding ortho intramolecular Hbond substituents is 1. The third-order valence-corrected chi connectivity index (χ3v) is 5.78. The smallest absolute Gasteiger partial charge is 0.312 e. The van der Waals surface area contributed by atoms with Gasteiger partial charge in [-0.1, -0.05) is 12.1 Å². The van der Waals surface area contributed by atoms with E-state index in [4.69, 9.17) is 18.9 Å². The summed E-state index contributed by atoms with van der Waals surface area (Å²) in [5.74, 6) is 0.982. The van der Waals surface area contributed by atoms with E-state index < -0.39 is 5.92 Å². The van der Waals surface area contributed by atoms with Crippen molar-refractivity contribution in [3.63, 3.8) is 0 Å². The fraction of sp³-hybridized carbons (Fsp3) is 0.154. The summed E-state index contributed by atoms with van der Waals surface area (Å²) in [5.41, 5.74) is 2.37. The average molecular weight is 444 g/mol. The van der Waals surface area contributed by atoms with Gasteiger partial charge in [0.05, 0.1) is 26.2 Å². The number of phenols is 1. The Morgan fingerprint density at radius 2 is 1.85 bits per heavy atom. The summed E-state index contributed by atoms with van der Waals surface area (Å²) in [4.78, 5) is 25.4. The van der Waals surface area contributed by atoms with E-state index in [2.05, 4.69) is 0 Å². The monoisotopic (exact) mass is 444 g/mol. The Hall–Kier alpha value is -4.26. The van der Waals surface area contributed by atoms with Crippen LogP contribution in [0.3, 0.4) is 0 Å². The Balaban J connectivity index is 1.60. The van der Waals surface area contributed by atoms with Gasteiger partial charge in [0, 0.05) is 23.1 Å². The van der Waals surface area contributed by atoms with Gasteiger partial charge < -0.3 is 24.1 Å². The standard InChI is InChI=1S/C26H20O7/c1-30-17-7-6-15(21(12-17)31-2)11-22-25(29)18-8-9-20-24(26(18)33-22)19(13-23(28)32-20)14-4-3-5-16(27)10-14/h3-12,19,27H,13H2,1-2H3. The van der Waals surface area contributed by atoms with Gasteiger partial charge in [0.2, 0.25) is 5.78 Å². The molecule has 0 aromatic heterocycles. The van der Waals surface area contributed by atoms with Crippen LogP contribution in [0.2, 0.25) is 0 Å². The molecule has 0 spiro atoms. The molecule has 0 saturated heterocycles. The Labute approximate surface area is 189 Å². The Morgan fingerprint density at radius 3 is 2.61 bits per heavy atom. The first-order valence-electron chi connectivity index (χ1n) is 10.3. The van der Waals surface area contributed by atoms with E-state index in [1.165, 1.54) is 7.11 Å². The number of ether oxygens (including phenoxy) is 4. The van der Waals surface area contributed by atoms with Gasteiger partial charge in [-0.25, -0.2) is 0 Å². The highest BCUT2D eigenvalue weighted by atomic mass is 16.5. The van der Waals surface area contributed by atoms with Gasteiger partial charge in [0.15, 0.2) is 5.76 Å². The molecule has 5 rings (SSSR count). The van der Waals surface area contributed by atoms with Crippen LogP contribution in [0.15, 0.2) is 60.4 Å². The zero-order valence-electron chi connectivity index (χ0n) is 18.0. The predicted octanol–water partition coefficient (Wildman–Crippen LogP) is 4.47. The third kappa shape index (κ3) is 3.57. The van der Waals surface area contributed by atoms with Crippen molar-refractivity contribution >= 4 is 17.8 Å². The summed E-state index contributed by atoms with van der Waals surface area (Å²) in [5, 5.41) is 9.95. The number of fused-ring (bicyclic) bond motifs is 3. The van der Waals surface area contributed by atoms with Crippen molar-refractivity contribution in [3.8, 4) is 28.7 Å². The zero-order chi connectivity index (χ0) is 23.1. The molecule has 0 saturated carbocycles. The van der Waals surface area contributed by atoms with E-state index in [1.54, 1.807) is 61.7 Å². The topological polar surface area (TPSA) is 91.3 Å². The van der Waals surface area contributed by atoms with E-state index in [-0.39, 0.29) is 29.7 Å². The van der Waals surface area contributed by atoms with Crippen LogP contribution < -0.4 is 18.9 Å². The van der Waals surface area contributed by atoms with Gasteiger partial charge in [-0.05, 0) is 48.0 Å². The molecule has 7 heteroatoms. The van der Waals surface area contributed by atoms with E-state index >= 15 is 0 Å². The predicted molar refractivity (Wildman–Crippen MR) is 119 cm³/mol. The minimum Gasteiger partial charge on any atom is -0.508 e. The first kappa shape index (κ1) is 20.6. The largest absolute Gasteiger partial charge is 0.508 e. The molecule has 1 unspecified atom stereocenters. The van der Waals surface area contributed by atoms with Crippen LogP contribution in [-0.2, 0) is 4.79 Å². The molecule has 0 bridgehead atoms. The second-order valence-electron chi connectivity index (χ2n) is 7.73. The summed E-state index contributed by atoms with van der Waals surface area (Å²) >= 11 is 0. The molecule has 0 aliphatic carbocycles. The maximum atomic E-state index is 13.2. The highest BCUT2D eigenvalue weighted by Gasteiger charge is 2.38. The minimum absolute atomic E-state index is 0.0653. The third-order valence-electron chi connectivity index (χ3n) is 5.78. The van der Waals surface area contributed by atoms with Gasteiger partial charge in [-0.3, -0.25) is 9.59 Å². The number of Topliss-reactive ketones (excluding diaryl/α,β-unsaturated/α-hetero) is 1. The molecule has 0 fully saturated rings. The first-order valence-corrected chi connectivity index (χ1v) is 10.3. The van der Waals surface area contributed by atoms with Crippen molar-refractivity contribution in [2.45, 2.75) is 12.3 Å². The van der Waals surface area contributed by atoms with Crippen molar-refractivity contribution in [1.29, 1.82) is 0 Å². The van der Waals surface area contributed by atoms with Crippen molar-refractivity contribution in [2.75, 3.05) is 14.2 Å². The number of carbonyl (C=O) groups is 2. The Kier molecular flexibility index (Phi) is 5.01. The number of hydrogen-bond donors (Lipinski definition) is 1. The number of hydrogen-bond acceptors (Lipinski definition) is 7. The molecular formula is C26H20O7.